The molecule has 3 nitrogen and oxygen atoms in total. The Labute approximate surface area is 150 Å². The Balaban J connectivity index is 1.64. The molecule has 2 aromatic carbocycles. The van der Waals surface area contributed by atoms with Crippen molar-refractivity contribution in [1.29, 1.82) is 0 Å². The van der Waals surface area contributed by atoms with Crippen molar-refractivity contribution in [2.75, 3.05) is 36.0 Å². The summed E-state index contributed by atoms with van der Waals surface area (Å²) in [6.45, 7) is 9.37. The molecule has 2 fully saturated rings. The number of fused-ring (bicyclic) bond motifs is 2. The van der Waals surface area contributed by atoms with Gasteiger partial charge in [-0.2, -0.15) is 0 Å². The van der Waals surface area contributed by atoms with Crippen LogP contribution in [0.15, 0.2) is 36.4 Å². The first-order valence-corrected chi connectivity index (χ1v) is 12.4. The fraction of sp³-hybridized carbons (Fsp3) is 0.381. The van der Waals surface area contributed by atoms with E-state index in [1.807, 2.05) is 0 Å². The van der Waals surface area contributed by atoms with Crippen LogP contribution in [0, 0.1) is 0 Å². The standard InChI is InChI=1S/C21H24N2OSi/c1-25(2)19-13-15(22-9-3-10-22)5-7-17(19)21(24)18-8-6-16(14-20(18)25)23-11-4-12-23/h5-8,13-14H,3-4,9-12H2,1-2H3. The number of anilines is 2. The van der Waals surface area contributed by atoms with Gasteiger partial charge in [-0.15, -0.1) is 0 Å². The lowest BCUT2D eigenvalue weighted by Gasteiger charge is -2.38. The molecule has 5 rings (SSSR count). The van der Waals surface area contributed by atoms with E-state index >= 15 is 0 Å². The summed E-state index contributed by atoms with van der Waals surface area (Å²) in [5.41, 5.74) is 4.46. The Hall–Kier alpha value is -2.07. The molecule has 2 aromatic rings. The van der Waals surface area contributed by atoms with Crippen LogP contribution in [0.1, 0.15) is 28.8 Å². The highest BCUT2D eigenvalue weighted by Gasteiger charge is 2.39. The highest BCUT2D eigenvalue weighted by molar-refractivity contribution is 7.02. The van der Waals surface area contributed by atoms with Crippen LogP contribution in [0.3, 0.4) is 0 Å². The third-order valence-electron chi connectivity index (χ3n) is 6.28. The molecular weight excluding hydrogens is 324 g/mol. The van der Waals surface area contributed by atoms with E-state index in [1.165, 1.54) is 34.6 Å². The van der Waals surface area contributed by atoms with E-state index in [1.54, 1.807) is 0 Å². The normalized spacial score (nSPS) is 20.5. The third-order valence-corrected chi connectivity index (χ3v) is 9.81. The summed E-state index contributed by atoms with van der Waals surface area (Å²) >= 11 is 0. The summed E-state index contributed by atoms with van der Waals surface area (Å²) in [5, 5.41) is 2.63. The molecule has 0 aliphatic carbocycles. The van der Waals surface area contributed by atoms with Gasteiger partial charge in [-0.05, 0) is 59.6 Å². The van der Waals surface area contributed by atoms with Gasteiger partial charge in [0.25, 0.3) is 0 Å². The second-order valence-corrected chi connectivity index (χ2v) is 12.4. The first kappa shape index (κ1) is 15.2. The molecule has 0 spiro atoms. The van der Waals surface area contributed by atoms with Crippen LogP contribution in [0.25, 0.3) is 0 Å². The summed E-state index contributed by atoms with van der Waals surface area (Å²) in [5.74, 6) is 0.210. The van der Waals surface area contributed by atoms with Crippen LogP contribution < -0.4 is 20.2 Å². The lowest BCUT2D eigenvalue weighted by Crippen LogP contribution is -2.60. The molecular formula is C21H24N2OSi. The van der Waals surface area contributed by atoms with Crippen LogP contribution in [0.5, 0.6) is 0 Å². The van der Waals surface area contributed by atoms with Crippen LogP contribution in [0.2, 0.25) is 13.1 Å². The van der Waals surface area contributed by atoms with Gasteiger partial charge in [-0.25, -0.2) is 0 Å². The minimum absolute atomic E-state index is 0.210. The Kier molecular flexibility index (Phi) is 3.17. The zero-order valence-corrected chi connectivity index (χ0v) is 16.0. The van der Waals surface area contributed by atoms with Crippen molar-refractivity contribution >= 4 is 35.6 Å². The molecule has 0 radical (unpaired) electrons. The number of benzene rings is 2. The molecule has 0 aromatic heterocycles. The minimum atomic E-state index is -1.88. The van der Waals surface area contributed by atoms with E-state index in [9.17, 15) is 4.79 Å². The van der Waals surface area contributed by atoms with Crippen molar-refractivity contribution in [3.63, 3.8) is 0 Å². The molecule has 0 bridgehead atoms. The van der Waals surface area contributed by atoms with Crippen LogP contribution in [-0.2, 0) is 0 Å². The Morgan fingerprint density at radius 1 is 0.760 bits per heavy atom. The number of rotatable bonds is 2. The molecule has 0 amide bonds. The van der Waals surface area contributed by atoms with E-state index in [-0.39, 0.29) is 5.78 Å². The molecule has 2 saturated heterocycles. The number of nitrogens with zero attached hydrogens (tertiary/aromatic N) is 2. The first-order chi connectivity index (χ1) is 12.1. The largest absolute Gasteiger partial charge is 0.371 e. The smallest absolute Gasteiger partial charge is 0.192 e. The van der Waals surface area contributed by atoms with Gasteiger partial charge in [0.2, 0.25) is 0 Å². The van der Waals surface area contributed by atoms with E-state index < -0.39 is 8.07 Å². The van der Waals surface area contributed by atoms with Crippen molar-refractivity contribution in [1.82, 2.24) is 0 Å². The van der Waals surface area contributed by atoms with E-state index in [0.29, 0.717) is 0 Å². The van der Waals surface area contributed by atoms with Gasteiger partial charge in [0.15, 0.2) is 5.78 Å². The van der Waals surface area contributed by atoms with Crippen molar-refractivity contribution in [2.24, 2.45) is 0 Å². The van der Waals surface area contributed by atoms with Gasteiger partial charge in [-0.1, -0.05) is 13.1 Å². The van der Waals surface area contributed by atoms with Gasteiger partial charge < -0.3 is 9.80 Å². The zero-order valence-electron chi connectivity index (χ0n) is 15.0. The van der Waals surface area contributed by atoms with E-state index in [2.05, 4.69) is 59.3 Å². The molecule has 3 aliphatic heterocycles. The highest BCUT2D eigenvalue weighted by atomic mass is 28.3. The summed E-state index contributed by atoms with van der Waals surface area (Å²) in [7, 11) is -1.88. The second kappa shape index (κ2) is 5.21. The van der Waals surface area contributed by atoms with Crippen LogP contribution in [0.4, 0.5) is 11.4 Å². The quantitative estimate of drug-likeness (QED) is 0.779. The average molecular weight is 349 g/mol. The zero-order chi connectivity index (χ0) is 17.2. The monoisotopic (exact) mass is 348 g/mol. The van der Waals surface area contributed by atoms with Crippen molar-refractivity contribution in [3.8, 4) is 0 Å². The maximum absolute atomic E-state index is 13.1. The summed E-state index contributed by atoms with van der Waals surface area (Å²) < 4.78 is 0. The molecule has 128 valence electrons. The maximum atomic E-state index is 13.1. The summed E-state index contributed by atoms with van der Waals surface area (Å²) in [6, 6.07) is 13.1. The Bertz CT molecular complexity index is 812. The van der Waals surface area contributed by atoms with Crippen molar-refractivity contribution < 1.29 is 4.79 Å². The number of ketones is 1. The minimum Gasteiger partial charge on any atom is -0.371 e. The second-order valence-electron chi connectivity index (χ2n) is 8.10. The third kappa shape index (κ3) is 2.13. The molecule has 0 unspecified atom stereocenters. The Morgan fingerprint density at radius 2 is 1.20 bits per heavy atom. The molecule has 3 heterocycles. The SMILES string of the molecule is C[Si]1(C)c2cc(N3CCC3)ccc2C(=O)c2ccc(N3CCC3)cc21. The van der Waals surface area contributed by atoms with Crippen molar-refractivity contribution in [3.05, 3.63) is 47.5 Å². The van der Waals surface area contributed by atoms with Gasteiger partial charge in [0.1, 0.15) is 8.07 Å². The van der Waals surface area contributed by atoms with Gasteiger partial charge in [-0.3, -0.25) is 4.79 Å². The first-order valence-electron chi connectivity index (χ1n) is 9.39. The van der Waals surface area contributed by atoms with E-state index in [0.717, 1.165) is 37.3 Å². The number of carbonyl (C=O) groups is 1. The number of hydrogen-bond donors (Lipinski definition) is 0. The summed E-state index contributed by atoms with van der Waals surface area (Å²) in [6.07, 6.45) is 2.55. The van der Waals surface area contributed by atoms with Gasteiger partial charge in [0, 0.05) is 48.7 Å². The van der Waals surface area contributed by atoms with Crippen LogP contribution >= 0.6 is 0 Å². The lowest BCUT2D eigenvalue weighted by molar-refractivity contribution is 0.104. The predicted octanol–water partition coefficient (Wildman–Crippen LogP) is 2.47. The lowest BCUT2D eigenvalue weighted by atomic mass is 10.00. The van der Waals surface area contributed by atoms with E-state index in [4.69, 9.17) is 0 Å². The average Bonchev–Trinajstić information content (AvgIpc) is 2.50. The topological polar surface area (TPSA) is 23.6 Å². The molecule has 0 N–H and O–H groups in total. The molecule has 0 saturated carbocycles. The van der Waals surface area contributed by atoms with Crippen molar-refractivity contribution in [2.45, 2.75) is 25.9 Å². The number of hydrogen-bond acceptors (Lipinski definition) is 3. The molecule has 25 heavy (non-hydrogen) atoms. The molecule has 3 aliphatic rings. The predicted molar refractivity (Wildman–Crippen MR) is 107 cm³/mol. The number of carbonyl (C=O) groups excluding carboxylic acids is 1. The Morgan fingerprint density at radius 3 is 1.56 bits per heavy atom. The molecule has 4 heteroatoms. The maximum Gasteiger partial charge on any atom is 0.192 e. The summed E-state index contributed by atoms with van der Waals surface area (Å²) in [4.78, 5) is 18.0. The fourth-order valence-electron chi connectivity index (χ4n) is 4.33. The van der Waals surface area contributed by atoms with Gasteiger partial charge in [0.05, 0.1) is 0 Å². The fourth-order valence-corrected chi connectivity index (χ4v) is 7.38. The van der Waals surface area contributed by atoms with Gasteiger partial charge >= 0.3 is 0 Å². The highest BCUT2D eigenvalue weighted by Crippen LogP contribution is 2.28. The van der Waals surface area contributed by atoms with Crippen LogP contribution in [-0.4, -0.2) is 40.0 Å². The molecule has 0 atom stereocenters.